The molecular weight excluding hydrogens is 376 g/mol. The van der Waals surface area contributed by atoms with Crippen molar-refractivity contribution < 1.29 is 23.7 Å². The lowest BCUT2D eigenvalue weighted by Gasteiger charge is -2.13. The molecule has 2 aromatic rings. The fraction of sp³-hybridized carbons (Fsp3) is 0.278. The van der Waals surface area contributed by atoms with Crippen LogP contribution in [0, 0.1) is 0 Å². The van der Waals surface area contributed by atoms with Crippen LogP contribution in [0.5, 0.6) is 17.2 Å². The first-order valence-corrected chi connectivity index (χ1v) is 8.18. The van der Waals surface area contributed by atoms with Crippen molar-refractivity contribution in [1.82, 2.24) is 0 Å². The van der Waals surface area contributed by atoms with Crippen molar-refractivity contribution in [2.75, 3.05) is 20.8 Å². The van der Waals surface area contributed by atoms with Gasteiger partial charge in [0.05, 0.1) is 30.9 Å². The Labute approximate surface area is 149 Å². The maximum absolute atomic E-state index is 12.3. The Kier molecular flexibility index (Phi) is 6.49. The van der Waals surface area contributed by atoms with Crippen molar-refractivity contribution >= 4 is 21.9 Å². The first-order valence-electron chi connectivity index (χ1n) is 7.39. The van der Waals surface area contributed by atoms with Crippen molar-refractivity contribution in [3.63, 3.8) is 0 Å². The van der Waals surface area contributed by atoms with E-state index in [9.17, 15) is 4.79 Å². The van der Waals surface area contributed by atoms with E-state index >= 15 is 0 Å². The summed E-state index contributed by atoms with van der Waals surface area (Å²) in [5.74, 6) is 1.36. The molecule has 0 bridgehead atoms. The van der Waals surface area contributed by atoms with Gasteiger partial charge in [0.2, 0.25) is 0 Å². The largest absolute Gasteiger partial charge is 0.497 e. The number of ether oxygens (including phenoxy) is 4. The summed E-state index contributed by atoms with van der Waals surface area (Å²) in [7, 11) is 3.15. The summed E-state index contributed by atoms with van der Waals surface area (Å²) >= 11 is 3.38. The number of carbonyl (C=O) groups is 1. The molecule has 24 heavy (non-hydrogen) atoms. The van der Waals surface area contributed by atoms with Crippen LogP contribution in [0.3, 0.4) is 0 Å². The molecule has 0 aliphatic carbocycles. The van der Waals surface area contributed by atoms with E-state index in [0.29, 0.717) is 28.1 Å². The lowest BCUT2D eigenvalue weighted by molar-refractivity contribution is 0.0472. The van der Waals surface area contributed by atoms with Gasteiger partial charge in [-0.1, -0.05) is 12.1 Å². The van der Waals surface area contributed by atoms with Gasteiger partial charge in [-0.15, -0.1) is 0 Å². The van der Waals surface area contributed by atoms with Gasteiger partial charge in [0, 0.05) is 0 Å². The molecule has 0 aromatic heterocycles. The number of hydrogen-bond acceptors (Lipinski definition) is 5. The lowest BCUT2D eigenvalue weighted by Crippen LogP contribution is -2.07. The van der Waals surface area contributed by atoms with Crippen molar-refractivity contribution in [2.45, 2.75) is 13.5 Å². The minimum atomic E-state index is -0.435. The minimum Gasteiger partial charge on any atom is -0.497 e. The number of benzene rings is 2. The van der Waals surface area contributed by atoms with E-state index in [1.807, 2.05) is 31.2 Å². The highest BCUT2D eigenvalue weighted by Gasteiger charge is 2.16. The Bertz CT molecular complexity index is 697. The van der Waals surface area contributed by atoms with E-state index in [1.54, 1.807) is 26.4 Å². The number of esters is 1. The third kappa shape index (κ3) is 4.41. The minimum absolute atomic E-state index is 0.177. The summed E-state index contributed by atoms with van der Waals surface area (Å²) in [6, 6.07) is 10.6. The molecule has 0 saturated heterocycles. The van der Waals surface area contributed by atoms with E-state index in [2.05, 4.69) is 15.9 Å². The molecule has 0 N–H and O–H groups in total. The van der Waals surface area contributed by atoms with E-state index in [0.717, 1.165) is 11.3 Å². The molecule has 0 unspecified atom stereocenters. The van der Waals surface area contributed by atoms with Gasteiger partial charge < -0.3 is 18.9 Å². The average molecular weight is 395 g/mol. The number of halogens is 1. The van der Waals surface area contributed by atoms with Crippen LogP contribution in [0.25, 0.3) is 0 Å². The third-order valence-electron chi connectivity index (χ3n) is 3.28. The van der Waals surface area contributed by atoms with Crippen LogP contribution in [0.2, 0.25) is 0 Å². The summed E-state index contributed by atoms with van der Waals surface area (Å²) in [4.78, 5) is 12.3. The second-order valence-corrected chi connectivity index (χ2v) is 5.70. The second-order valence-electron chi connectivity index (χ2n) is 4.85. The molecule has 0 aliphatic heterocycles. The maximum atomic E-state index is 12.3. The highest BCUT2D eigenvalue weighted by molar-refractivity contribution is 9.10. The molecule has 0 amide bonds. The Morgan fingerprint density at radius 3 is 2.38 bits per heavy atom. The van der Waals surface area contributed by atoms with Gasteiger partial charge in [-0.3, -0.25) is 0 Å². The Morgan fingerprint density at radius 1 is 1.08 bits per heavy atom. The molecule has 5 nitrogen and oxygen atoms in total. The predicted molar refractivity (Wildman–Crippen MR) is 94.0 cm³/mol. The van der Waals surface area contributed by atoms with Crippen LogP contribution in [0.4, 0.5) is 0 Å². The molecule has 2 aromatic carbocycles. The van der Waals surface area contributed by atoms with Gasteiger partial charge in [-0.2, -0.15) is 0 Å². The van der Waals surface area contributed by atoms with Crippen LogP contribution < -0.4 is 14.2 Å². The van der Waals surface area contributed by atoms with Gasteiger partial charge in [-0.25, -0.2) is 4.79 Å². The molecule has 0 radical (unpaired) electrons. The Hall–Kier alpha value is -2.21. The molecule has 2 rings (SSSR count). The fourth-order valence-corrected chi connectivity index (χ4v) is 2.70. The zero-order chi connectivity index (χ0) is 17.5. The molecule has 0 heterocycles. The molecule has 0 spiro atoms. The highest BCUT2D eigenvalue weighted by Crippen LogP contribution is 2.36. The summed E-state index contributed by atoms with van der Waals surface area (Å²) in [5, 5.41) is 0. The maximum Gasteiger partial charge on any atom is 0.338 e. The number of methoxy groups -OCH3 is 2. The van der Waals surface area contributed by atoms with Gasteiger partial charge >= 0.3 is 5.97 Å². The highest BCUT2D eigenvalue weighted by atomic mass is 79.9. The van der Waals surface area contributed by atoms with Crippen molar-refractivity contribution in [3.8, 4) is 17.2 Å². The lowest BCUT2D eigenvalue weighted by atomic mass is 10.2. The van der Waals surface area contributed by atoms with Crippen LogP contribution >= 0.6 is 15.9 Å². The van der Waals surface area contributed by atoms with E-state index in [1.165, 1.54) is 0 Å². The Morgan fingerprint density at radius 2 is 1.79 bits per heavy atom. The molecule has 6 heteroatoms. The van der Waals surface area contributed by atoms with Crippen molar-refractivity contribution in [3.05, 3.63) is 52.0 Å². The number of hydrogen-bond donors (Lipinski definition) is 0. The molecule has 0 aliphatic rings. The Balaban J connectivity index is 2.11. The molecular formula is C18H19BrO5. The standard InChI is InChI=1S/C18H19BrO5/c1-4-23-16-10-13(9-15(19)17(16)22-3)18(20)24-11-12-5-7-14(21-2)8-6-12/h5-10H,4,11H2,1-3H3. The fourth-order valence-electron chi connectivity index (χ4n) is 2.10. The smallest absolute Gasteiger partial charge is 0.338 e. The zero-order valence-corrected chi connectivity index (χ0v) is 15.4. The summed E-state index contributed by atoms with van der Waals surface area (Å²) in [6.07, 6.45) is 0. The number of rotatable bonds is 7. The van der Waals surface area contributed by atoms with Crippen molar-refractivity contribution in [2.24, 2.45) is 0 Å². The average Bonchev–Trinajstić information content (AvgIpc) is 2.60. The van der Waals surface area contributed by atoms with E-state index in [4.69, 9.17) is 18.9 Å². The van der Waals surface area contributed by atoms with Gasteiger partial charge in [0.1, 0.15) is 12.4 Å². The van der Waals surface area contributed by atoms with Crippen LogP contribution in [-0.4, -0.2) is 26.8 Å². The monoisotopic (exact) mass is 394 g/mol. The molecule has 0 atom stereocenters. The third-order valence-corrected chi connectivity index (χ3v) is 3.87. The SMILES string of the molecule is CCOc1cc(C(=O)OCc2ccc(OC)cc2)cc(Br)c1OC. The van der Waals surface area contributed by atoms with E-state index in [-0.39, 0.29) is 6.61 Å². The molecule has 0 fully saturated rings. The summed E-state index contributed by atoms with van der Waals surface area (Å²) < 4.78 is 21.9. The first-order chi connectivity index (χ1) is 11.6. The zero-order valence-electron chi connectivity index (χ0n) is 13.8. The van der Waals surface area contributed by atoms with Crippen LogP contribution in [0.15, 0.2) is 40.9 Å². The quantitative estimate of drug-likeness (QED) is 0.657. The van der Waals surface area contributed by atoms with E-state index < -0.39 is 5.97 Å². The topological polar surface area (TPSA) is 54.0 Å². The summed E-state index contributed by atoms with van der Waals surface area (Å²) in [5.41, 5.74) is 1.27. The van der Waals surface area contributed by atoms with Crippen molar-refractivity contribution in [1.29, 1.82) is 0 Å². The van der Waals surface area contributed by atoms with Crippen LogP contribution in [0.1, 0.15) is 22.8 Å². The normalized spacial score (nSPS) is 10.2. The predicted octanol–water partition coefficient (Wildman–Crippen LogP) is 4.22. The second kappa shape index (κ2) is 8.59. The first kappa shape index (κ1) is 18.1. The number of carbonyl (C=O) groups excluding carboxylic acids is 1. The van der Waals surface area contributed by atoms with Gasteiger partial charge in [-0.05, 0) is 52.7 Å². The van der Waals surface area contributed by atoms with Gasteiger partial charge in [0.25, 0.3) is 0 Å². The van der Waals surface area contributed by atoms with Crippen LogP contribution in [-0.2, 0) is 11.3 Å². The van der Waals surface area contributed by atoms with Gasteiger partial charge in [0.15, 0.2) is 11.5 Å². The summed E-state index contributed by atoms with van der Waals surface area (Å²) in [6.45, 7) is 2.51. The molecule has 0 saturated carbocycles. The molecule has 128 valence electrons.